The van der Waals surface area contributed by atoms with Gasteiger partial charge in [-0.3, -0.25) is 9.59 Å². The Bertz CT molecular complexity index is 989. The maximum Gasteiger partial charge on any atom is 0.312 e. The first-order valence-corrected chi connectivity index (χ1v) is 10.3. The minimum atomic E-state index is -1.64. The predicted molar refractivity (Wildman–Crippen MR) is 114 cm³/mol. The molecule has 2 N–H and O–H groups in total. The lowest BCUT2D eigenvalue weighted by Gasteiger charge is -2.31. The lowest BCUT2D eigenvalue weighted by molar-refractivity contribution is -0.157. The Morgan fingerprint density at radius 1 is 1.34 bits per heavy atom. The van der Waals surface area contributed by atoms with Crippen LogP contribution < -0.4 is 5.32 Å². The first-order valence-electron chi connectivity index (χ1n) is 10.3. The summed E-state index contributed by atoms with van der Waals surface area (Å²) in [6.07, 6.45) is 7.05. The largest absolute Gasteiger partial charge is 0.461 e. The van der Waals surface area contributed by atoms with Crippen LogP contribution in [0.25, 0.3) is 11.2 Å². The first-order chi connectivity index (χ1) is 15.3. The number of anilines is 1. The van der Waals surface area contributed by atoms with Gasteiger partial charge < -0.3 is 24.5 Å². The zero-order chi connectivity index (χ0) is 23.7. The van der Waals surface area contributed by atoms with Crippen LogP contribution in [0.4, 0.5) is 10.2 Å². The van der Waals surface area contributed by atoms with E-state index in [1.54, 1.807) is 0 Å². The third-order valence-corrected chi connectivity index (χ3v) is 4.87. The summed E-state index contributed by atoms with van der Waals surface area (Å²) in [4.78, 5) is 35.2. The SMILES string of the molecule is C#CC(COC(=O)CCCC)(OC)[C@@H](O)Cn1cnc2c(NC(=O)CCC)nc(F)nc21. The number of rotatable bonds is 12. The molecule has 0 bridgehead atoms. The number of halogens is 1. The third-order valence-electron chi connectivity index (χ3n) is 4.87. The van der Waals surface area contributed by atoms with Crippen molar-refractivity contribution >= 4 is 28.9 Å². The van der Waals surface area contributed by atoms with Crippen molar-refractivity contribution in [3.63, 3.8) is 0 Å². The zero-order valence-corrected chi connectivity index (χ0v) is 18.4. The van der Waals surface area contributed by atoms with E-state index >= 15 is 0 Å². The number of nitrogens with zero attached hydrogens (tertiary/aromatic N) is 4. The van der Waals surface area contributed by atoms with Crippen molar-refractivity contribution in [1.82, 2.24) is 19.5 Å². The minimum Gasteiger partial charge on any atom is -0.461 e. The Hall–Kier alpha value is -3.10. The molecule has 0 aromatic carbocycles. The van der Waals surface area contributed by atoms with Gasteiger partial charge in [0.2, 0.25) is 5.91 Å². The monoisotopic (exact) mass is 449 g/mol. The second-order valence-electron chi connectivity index (χ2n) is 7.23. The number of esters is 1. The van der Waals surface area contributed by atoms with Crippen molar-refractivity contribution in [2.75, 3.05) is 19.0 Å². The fourth-order valence-corrected chi connectivity index (χ4v) is 2.96. The number of carbonyl (C=O) groups is 2. The molecule has 0 saturated carbocycles. The molecular weight excluding hydrogens is 421 g/mol. The van der Waals surface area contributed by atoms with Crippen LogP contribution in [0.2, 0.25) is 0 Å². The summed E-state index contributed by atoms with van der Waals surface area (Å²) in [5.41, 5.74) is -1.44. The van der Waals surface area contributed by atoms with E-state index in [0.29, 0.717) is 12.8 Å². The number of fused-ring (bicyclic) bond motifs is 1. The topological polar surface area (TPSA) is 128 Å². The van der Waals surface area contributed by atoms with E-state index in [4.69, 9.17) is 15.9 Å². The normalized spacial score (nSPS) is 13.9. The highest BCUT2D eigenvalue weighted by atomic mass is 19.1. The van der Waals surface area contributed by atoms with E-state index in [-0.39, 0.29) is 48.9 Å². The molecule has 2 heterocycles. The second-order valence-corrected chi connectivity index (χ2v) is 7.23. The van der Waals surface area contributed by atoms with E-state index in [1.807, 2.05) is 13.8 Å². The van der Waals surface area contributed by atoms with Gasteiger partial charge in [0.05, 0.1) is 12.9 Å². The van der Waals surface area contributed by atoms with Crippen LogP contribution >= 0.6 is 0 Å². The third kappa shape index (κ3) is 5.99. The van der Waals surface area contributed by atoms with E-state index < -0.39 is 23.8 Å². The molecule has 0 aliphatic rings. The summed E-state index contributed by atoms with van der Waals surface area (Å²) in [5.74, 6) is 1.49. The number of aliphatic hydroxyl groups is 1. The summed E-state index contributed by atoms with van der Waals surface area (Å²) in [6, 6.07) is 0. The van der Waals surface area contributed by atoms with Gasteiger partial charge in [0.25, 0.3) is 0 Å². The second kappa shape index (κ2) is 11.5. The van der Waals surface area contributed by atoms with Gasteiger partial charge in [-0.05, 0) is 12.8 Å². The number of ether oxygens (including phenoxy) is 2. The van der Waals surface area contributed by atoms with E-state index in [0.717, 1.165) is 6.42 Å². The molecule has 1 amide bonds. The zero-order valence-electron chi connectivity index (χ0n) is 18.4. The number of hydrogen-bond donors (Lipinski definition) is 2. The van der Waals surface area contributed by atoms with Crippen LogP contribution in [0.1, 0.15) is 46.0 Å². The fraction of sp³-hybridized carbons (Fsp3) is 0.571. The standard InChI is InChI=1S/C21H28FN5O5/c1-5-8-10-16(30)32-12-21(7-3,31-4)14(28)11-27-13-23-17-18(24-15(29)9-6-2)25-20(22)26-19(17)27/h3,13-14,28H,5-6,8-12H2,1-2,4H3,(H,24,25,26,29)/t14-,21?/m0/s1. The lowest BCUT2D eigenvalue weighted by Crippen LogP contribution is -2.49. The van der Waals surface area contributed by atoms with Crippen molar-refractivity contribution in [1.29, 1.82) is 0 Å². The molecule has 0 fully saturated rings. The van der Waals surface area contributed by atoms with E-state index in [9.17, 15) is 19.1 Å². The molecule has 2 aromatic rings. The molecule has 1 unspecified atom stereocenters. The van der Waals surface area contributed by atoms with Gasteiger partial charge in [0.15, 0.2) is 22.6 Å². The van der Waals surface area contributed by atoms with Crippen LogP contribution in [0.5, 0.6) is 0 Å². The smallest absolute Gasteiger partial charge is 0.312 e. The predicted octanol–water partition coefficient (Wildman–Crippen LogP) is 1.82. The number of imidazole rings is 1. The van der Waals surface area contributed by atoms with Crippen LogP contribution in [-0.4, -0.2) is 61.9 Å². The van der Waals surface area contributed by atoms with Crippen molar-refractivity contribution in [2.45, 2.75) is 64.2 Å². The van der Waals surface area contributed by atoms with Crippen LogP contribution in [-0.2, 0) is 25.6 Å². The lowest BCUT2D eigenvalue weighted by atomic mass is 9.98. The number of aromatic nitrogens is 4. The number of unbranched alkanes of at least 4 members (excludes halogenated alkanes) is 1. The Morgan fingerprint density at radius 3 is 2.72 bits per heavy atom. The van der Waals surface area contributed by atoms with Crippen molar-refractivity contribution < 1.29 is 28.6 Å². The van der Waals surface area contributed by atoms with Crippen molar-refractivity contribution in [3.8, 4) is 12.3 Å². The Morgan fingerprint density at radius 2 is 2.09 bits per heavy atom. The van der Waals surface area contributed by atoms with Gasteiger partial charge in [-0.15, -0.1) is 6.42 Å². The summed E-state index contributed by atoms with van der Waals surface area (Å²) in [6.45, 7) is 3.22. The summed E-state index contributed by atoms with van der Waals surface area (Å²) >= 11 is 0. The van der Waals surface area contributed by atoms with Crippen LogP contribution in [0, 0.1) is 18.4 Å². The highest BCUT2D eigenvalue weighted by Crippen LogP contribution is 2.23. The van der Waals surface area contributed by atoms with Gasteiger partial charge in [-0.2, -0.15) is 14.4 Å². The number of terminal acetylenes is 1. The molecule has 0 saturated heterocycles. The van der Waals surface area contributed by atoms with Crippen molar-refractivity contribution in [2.24, 2.45) is 0 Å². The molecule has 2 rings (SSSR count). The van der Waals surface area contributed by atoms with E-state index in [2.05, 4.69) is 26.2 Å². The summed E-state index contributed by atoms with van der Waals surface area (Å²) in [7, 11) is 1.29. The van der Waals surface area contributed by atoms with Gasteiger partial charge in [-0.25, -0.2) is 4.98 Å². The Kier molecular flexibility index (Phi) is 9.04. The number of amides is 1. The molecule has 11 heteroatoms. The minimum absolute atomic E-state index is 0.0466. The quantitative estimate of drug-likeness (QED) is 0.285. The molecule has 0 aliphatic carbocycles. The highest BCUT2D eigenvalue weighted by molar-refractivity contribution is 5.96. The van der Waals surface area contributed by atoms with E-state index in [1.165, 1.54) is 18.0 Å². The first kappa shape index (κ1) is 25.2. The van der Waals surface area contributed by atoms with Crippen molar-refractivity contribution in [3.05, 3.63) is 12.4 Å². The average molecular weight is 449 g/mol. The summed E-state index contributed by atoms with van der Waals surface area (Å²) < 4.78 is 25.9. The molecule has 2 aromatic heterocycles. The molecule has 32 heavy (non-hydrogen) atoms. The fourth-order valence-electron chi connectivity index (χ4n) is 2.96. The van der Waals surface area contributed by atoms with Gasteiger partial charge in [0, 0.05) is 20.0 Å². The number of hydrogen-bond acceptors (Lipinski definition) is 8. The van der Waals surface area contributed by atoms with Gasteiger partial charge >= 0.3 is 12.0 Å². The molecule has 0 radical (unpaired) electrons. The molecular formula is C21H28FN5O5. The number of aliphatic hydroxyl groups excluding tert-OH is 1. The maximum atomic E-state index is 14.0. The molecule has 0 spiro atoms. The maximum absolute atomic E-state index is 14.0. The summed E-state index contributed by atoms with van der Waals surface area (Å²) in [5, 5.41) is 13.3. The van der Waals surface area contributed by atoms with Crippen LogP contribution in [0.15, 0.2) is 6.33 Å². The van der Waals surface area contributed by atoms with Gasteiger partial charge in [0.1, 0.15) is 12.7 Å². The Labute approximate surface area is 185 Å². The molecule has 10 nitrogen and oxygen atoms in total. The van der Waals surface area contributed by atoms with Gasteiger partial charge in [-0.1, -0.05) is 26.2 Å². The van der Waals surface area contributed by atoms with Crippen LogP contribution in [0.3, 0.4) is 0 Å². The number of methoxy groups -OCH3 is 1. The average Bonchev–Trinajstić information content (AvgIpc) is 3.16. The number of nitrogens with one attached hydrogen (secondary N) is 1. The Balaban J connectivity index is 2.25. The molecule has 0 aliphatic heterocycles. The number of carbonyl (C=O) groups excluding carboxylic acids is 2. The highest BCUT2D eigenvalue weighted by Gasteiger charge is 2.38. The molecule has 2 atom stereocenters. The molecule has 174 valence electrons.